The van der Waals surface area contributed by atoms with Gasteiger partial charge in [0, 0.05) is 115 Å². The predicted molar refractivity (Wildman–Crippen MR) is 297 cm³/mol. The Balaban J connectivity index is 0.833. The molecule has 14 nitrogen and oxygen atoms in total. The molecule has 4 aromatic rings. The molecule has 17 heteroatoms. The maximum Gasteiger partial charge on any atom is 0.410 e. The van der Waals surface area contributed by atoms with Crippen molar-refractivity contribution >= 4 is 69.9 Å². The number of nitro benzene ring substituents is 1. The number of amides is 2. The fourth-order valence-electron chi connectivity index (χ4n) is 10.1. The standard InChI is InChI=1S/C56H71ClN8O6S2/c1-55(2,3)71-54(67)64-32-28-62(29-33-64)40-56(4)24-22-50(41-12-16-44(57)17-13-41)43(36-56)37-61-26-30-63(31-27-61)47-18-14-42(15-19-47)53(66)60-73-49-20-21-51(52(35-49)65(68)69)59-46(39-72-48-10-6-5-7-11-48)23-25-58-45-9-8-34-70-38-45/h5-21,35,45-46,58-59H,22-34,36-40H2,1-4H3,(H,60,66). The summed E-state index contributed by atoms with van der Waals surface area (Å²) in [6, 6.07) is 31.3. The summed E-state index contributed by atoms with van der Waals surface area (Å²) in [4.78, 5) is 49.2. The molecule has 0 saturated carbocycles. The first kappa shape index (κ1) is 54.2. The molecule has 3 unspecified atom stereocenters. The van der Waals surface area contributed by atoms with Crippen LogP contribution in [0.15, 0.2) is 125 Å². The average Bonchev–Trinajstić information content (AvgIpc) is 3.38. The topological polar surface area (TPSA) is 145 Å². The largest absolute Gasteiger partial charge is 0.444 e. The average molecular weight is 1050 g/mol. The van der Waals surface area contributed by atoms with Crippen LogP contribution in [-0.4, -0.2) is 140 Å². The predicted octanol–water partition coefficient (Wildman–Crippen LogP) is 10.5. The minimum atomic E-state index is -0.504. The van der Waals surface area contributed by atoms with Gasteiger partial charge in [0.1, 0.15) is 11.3 Å². The minimum absolute atomic E-state index is 0.0467. The van der Waals surface area contributed by atoms with E-state index in [4.69, 9.17) is 21.1 Å². The van der Waals surface area contributed by atoms with Crippen LogP contribution >= 0.6 is 35.3 Å². The monoisotopic (exact) mass is 1050 g/mol. The molecule has 3 heterocycles. The fraction of sp³-hybridized carbons (Fsp3) is 0.464. The number of ether oxygens (including phenoxy) is 2. The number of carbonyl (C=O) groups is 2. The van der Waals surface area contributed by atoms with Gasteiger partial charge in [-0.25, -0.2) is 4.79 Å². The van der Waals surface area contributed by atoms with Gasteiger partial charge >= 0.3 is 6.09 Å². The number of allylic oxidation sites excluding steroid dienone is 1. The molecule has 2 fully saturated rings. The summed E-state index contributed by atoms with van der Waals surface area (Å²) >= 11 is 9.12. The normalized spacial score (nSPS) is 20.4. The first-order chi connectivity index (χ1) is 35.1. The van der Waals surface area contributed by atoms with Crippen molar-refractivity contribution in [2.24, 2.45) is 5.41 Å². The molecule has 4 aliphatic rings. The smallest absolute Gasteiger partial charge is 0.410 e. The lowest BCUT2D eigenvalue weighted by Gasteiger charge is -2.44. The molecule has 3 aliphatic heterocycles. The van der Waals surface area contributed by atoms with E-state index in [-0.39, 0.29) is 40.1 Å². The van der Waals surface area contributed by atoms with Gasteiger partial charge in [0.05, 0.1) is 18.1 Å². The number of thioether (sulfide) groups is 1. The van der Waals surface area contributed by atoms with Crippen LogP contribution in [0.5, 0.6) is 0 Å². The summed E-state index contributed by atoms with van der Waals surface area (Å²) in [6.45, 7) is 18.6. The molecule has 8 rings (SSSR count). The summed E-state index contributed by atoms with van der Waals surface area (Å²) in [5.74, 6) is 0.441. The van der Waals surface area contributed by atoms with Gasteiger partial charge in [-0.05, 0) is 142 Å². The van der Waals surface area contributed by atoms with Crippen molar-refractivity contribution in [1.29, 1.82) is 0 Å². The zero-order chi connectivity index (χ0) is 51.4. The maximum absolute atomic E-state index is 13.4. The molecule has 1 aliphatic carbocycles. The third-order valence-electron chi connectivity index (χ3n) is 13.9. The van der Waals surface area contributed by atoms with E-state index in [0.717, 1.165) is 106 Å². The van der Waals surface area contributed by atoms with Crippen molar-refractivity contribution in [2.75, 3.05) is 101 Å². The molecule has 0 aromatic heterocycles. The van der Waals surface area contributed by atoms with Gasteiger partial charge in [0.25, 0.3) is 11.6 Å². The van der Waals surface area contributed by atoms with Crippen LogP contribution in [0.4, 0.5) is 21.9 Å². The third kappa shape index (κ3) is 16.0. The van der Waals surface area contributed by atoms with E-state index in [2.05, 4.69) is 67.3 Å². The number of nitrogens with zero attached hydrogens (tertiary/aromatic N) is 5. The lowest BCUT2D eigenvalue weighted by atomic mass is 9.71. The molecule has 3 N–H and O–H groups in total. The van der Waals surface area contributed by atoms with Gasteiger partial charge in [-0.2, -0.15) is 0 Å². The van der Waals surface area contributed by atoms with Gasteiger partial charge in [-0.15, -0.1) is 11.8 Å². The lowest BCUT2D eigenvalue weighted by molar-refractivity contribution is -0.384. The Hall–Kier alpha value is -5.07. The van der Waals surface area contributed by atoms with Gasteiger partial charge in [-0.1, -0.05) is 66.6 Å². The zero-order valence-electron chi connectivity index (χ0n) is 42.7. The Morgan fingerprint density at radius 1 is 0.918 bits per heavy atom. The number of piperazine rings is 2. The number of hydrogen-bond donors (Lipinski definition) is 3. The van der Waals surface area contributed by atoms with E-state index >= 15 is 0 Å². The second-order valence-corrected chi connectivity index (χ2v) is 23.3. The third-order valence-corrected chi connectivity index (χ3v) is 16.1. The molecular weight excluding hydrogens is 980 g/mol. The molecule has 390 valence electrons. The quantitative estimate of drug-likeness (QED) is 0.0270. The van der Waals surface area contributed by atoms with Crippen LogP contribution in [0.2, 0.25) is 5.02 Å². The van der Waals surface area contributed by atoms with E-state index in [1.54, 1.807) is 23.9 Å². The highest BCUT2D eigenvalue weighted by molar-refractivity contribution is 7.99. The zero-order valence-corrected chi connectivity index (χ0v) is 45.0. The number of halogens is 1. The second kappa shape index (κ2) is 25.4. The number of carbonyl (C=O) groups excluding carboxylic acids is 2. The van der Waals surface area contributed by atoms with Crippen molar-refractivity contribution in [2.45, 2.75) is 80.9 Å². The van der Waals surface area contributed by atoms with Crippen molar-refractivity contribution in [3.05, 3.63) is 141 Å². The summed E-state index contributed by atoms with van der Waals surface area (Å²) in [5.41, 5.74) is 5.76. The van der Waals surface area contributed by atoms with E-state index < -0.39 is 5.60 Å². The fourth-order valence-corrected chi connectivity index (χ4v) is 11.8. The Bertz CT molecular complexity index is 2550. The highest BCUT2D eigenvalue weighted by Gasteiger charge is 2.36. The number of nitrogens with one attached hydrogen (secondary N) is 3. The van der Waals surface area contributed by atoms with Crippen LogP contribution in [-0.2, 0) is 9.47 Å². The molecule has 0 radical (unpaired) electrons. The van der Waals surface area contributed by atoms with Crippen LogP contribution in [0.1, 0.15) is 69.3 Å². The Labute approximate surface area is 444 Å². The molecule has 2 amide bonds. The van der Waals surface area contributed by atoms with Crippen LogP contribution < -0.4 is 20.3 Å². The lowest BCUT2D eigenvalue weighted by Crippen LogP contribution is -2.52. The Kier molecular flexibility index (Phi) is 18.9. The van der Waals surface area contributed by atoms with Crippen LogP contribution in [0.3, 0.4) is 0 Å². The number of anilines is 2. The summed E-state index contributed by atoms with van der Waals surface area (Å²) in [6.07, 6.45) is 7.78. The number of benzene rings is 4. The van der Waals surface area contributed by atoms with E-state index in [0.29, 0.717) is 54.7 Å². The van der Waals surface area contributed by atoms with Crippen molar-refractivity contribution in [1.82, 2.24) is 24.7 Å². The first-order valence-electron chi connectivity index (χ1n) is 25.6. The Morgan fingerprint density at radius 3 is 2.33 bits per heavy atom. The minimum Gasteiger partial charge on any atom is -0.444 e. The molecule has 2 saturated heterocycles. The highest BCUT2D eigenvalue weighted by Crippen LogP contribution is 2.44. The maximum atomic E-state index is 13.4. The Morgan fingerprint density at radius 2 is 1.64 bits per heavy atom. The van der Waals surface area contributed by atoms with Gasteiger partial charge in [-0.3, -0.25) is 29.4 Å². The summed E-state index contributed by atoms with van der Waals surface area (Å²) < 4.78 is 14.1. The highest BCUT2D eigenvalue weighted by atomic mass is 35.5. The van der Waals surface area contributed by atoms with E-state index in [1.807, 2.05) is 86.3 Å². The second-order valence-electron chi connectivity index (χ2n) is 20.9. The first-order valence-corrected chi connectivity index (χ1v) is 27.8. The SMILES string of the molecule is CC1(CN2CCN(C(=O)OC(C)(C)C)CC2)CCC(c2ccc(Cl)cc2)=C(CN2CCN(c3ccc(C(=O)NSc4ccc(NC(CCNC5C=CCOC5)CSc5ccccc5)c([N+](=O)[O-])c4)cc3)CC2)C1. The number of rotatable bonds is 19. The molecular formula is C56H71ClN8O6S2. The van der Waals surface area contributed by atoms with Gasteiger partial charge in [0.15, 0.2) is 0 Å². The molecule has 0 spiro atoms. The summed E-state index contributed by atoms with van der Waals surface area (Å²) in [7, 11) is 0. The molecule has 73 heavy (non-hydrogen) atoms. The van der Waals surface area contributed by atoms with Gasteiger partial charge in [0.2, 0.25) is 0 Å². The molecule has 3 atom stereocenters. The van der Waals surface area contributed by atoms with E-state index in [1.165, 1.54) is 22.8 Å². The van der Waals surface area contributed by atoms with E-state index in [9.17, 15) is 19.7 Å². The van der Waals surface area contributed by atoms with Gasteiger partial charge < -0.3 is 29.9 Å². The molecule has 0 bridgehead atoms. The molecule has 4 aromatic carbocycles. The number of nitro groups is 1. The summed E-state index contributed by atoms with van der Waals surface area (Å²) in [5, 5.41) is 20.1. The van der Waals surface area contributed by atoms with Crippen molar-refractivity contribution in [3.63, 3.8) is 0 Å². The van der Waals surface area contributed by atoms with Crippen molar-refractivity contribution < 1.29 is 24.0 Å². The van der Waals surface area contributed by atoms with Crippen LogP contribution in [0.25, 0.3) is 5.57 Å². The van der Waals surface area contributed by atoms with Crippen LogP contribution in [0, 0.1) is 15.5 Å². The van der Waals surface area contributed by atoms with Crippen molar-refractivity contribution in [3.8, 4) is 0 Å². The number of hydrogen-bond acceptors (Lipinski definition) is 13.